The lowest BCUT2D eigenvalue weighted by molar-refractivity contribution is -0.135. The standard InChI is InChI=1S/C10H14O3.2C2H4O2/c11-6-10(12)8-13-7-9-4-2-1-3-5-9;2*1-2(3)4/h1-5,10-12H,6-8H2;2*1H3,(H,3,4). The van der Waals surface area contributed by atoms with E-state index in [0.717, 1.165) is 19.4 Å². The quantitative estimate of drug-likeness (QED) is 0.632. The van der Waals surface area contributed by atoms with Crippen molar-refractivity contribution >= 4 is 11.9 Å². The maximum Gasteiger partial charge on any atom is 0.300 e. The van der Waals surface area contributed by atoms with Gasteiger partial charge in [0.2, 0.25) is 0 Å². The first-order valence-corrected chi connectivity index (χ1v) is 6.09. The molecule has 1 atom stereocenters. The van der Waals surface area contributed by atoms with Crippen molar-refractivity contribution in [1.29, 1.82) is 0 Å². The molecule has 0 aromatic heterocycles. The van der Waals surface area contributed by atoms with E-state index < -0.39 is 18.0 Å². The first kappa shape index (κ1) is 21.3. The van der Waals surface area contributed by atoms with E-state index in [9.17, 15) is 0 Å². The molecule has 1 unspecified atom stereocenters. The summed E-state index contributed by atoms with van der Waals surface area (Å²) >= 11 is 0. The Hall–Kier alpha value is -1.96. The van der Waals surface area contributed by atoms with Gasteiger partial charge in [-0.05, 0) is 5.56 Å². The highest BCUT2D eigenvalue weighted by atomic mass is 16.5. The molecule has 0 bridgehead atoms. The average Bonchev–Trinajstić information content (AvgIpc) is 2.38. The number of aliphatic carboxylic acids is 2. The van der Waals surface area contributed by atoms with E-state index in [1.807, 2.05) is 30.3 Å². The predicted molar refractivity (Wildman–Crippen MR) is 75.8 cm³/mol. The molecule has 0 aliphatic carbocycles. The molecule has 7 nitrogen and oxygen atoms in total. The van der Waals surface area contributed by atoms with Gasteiger partial charge < -0.3 is 25.2 Å². The van der Waals surface area contributed by atoms with Crippen molar-refractivity contribution in [1.82, 2.24) is 0 Å². The van der Waals surface area contributed by atoms with Gasteiger partial charge in [0.15, 0.2) is 0 Å². The van der Waals surface area contributed by atoms with E-state index >= 15 is 0 Å². The smallest absolute Gasteiger partial charge is 0.300 e. The Morgan fingerprint density at radius 2 is 1.52 bits per heavy atom. The number of rotatable bonds is 5. The molecule has 21 heavy (non-hydrogen) atoms. The molecule has 0 spiro atoms. The molecular weight excluding hydrogens is 280 g/mol. The van der Waals surface area contributed by atoms with Crippen molar-refractivity contribution in [2.75, 3.05) is 13.2 Å². The molecule has 1 aromatic rings. The van der Waals surface area contributed by atoms with Crippen LogP contribution in [-0.2, 0) is 20.9 Å². The fourth-order valence-corrected chi connectivity index (χ4v) is 0.940. The molecule has 1 aromatic carbocycles. The Labute approximate surface area is 123 Å². The van der Waals surface area contributed by atoms with E-state index in [2.05, 4.69) is 0 Å². The van der Waals surface area contributed by atoms with Crippen LogP contribution in [0.15, 0.2) is 30.3 Å². The fourth-order valence-electron chi connectivity index (χ4n) is 0.940. The molecule has 7 heteroatoms. The van der Waals surface area contributed by atoms with Crippen LogP contribution in [-0.4, -0.2) is 51.7 Å². The second kappa shape index (κ2) is 14.4. The fraction of sp³-hybridized carbons (Fsp3) is 0.429. The van der Waals surface area contributed by atoms with Crippen LogP contribution in [0.3, 0.4) is 0 Å². The van der Waals surface area contributed by atoms with Gasteiger partial charge in [-0.25, -0.2) is 0 Å². The largest absolute Gasteiger partial charge is 0.481 e. The highest BCUT2D eigenvalue weighted by Crippen LogP contribution is 2.00. The lowest BCUT2D eigenvalue weighted by Crippen LogP contribution is -2.19. The lowest BCUT2D eigenvalue weighted by atomic mass is 10.2. The second-order valence-electron chi connectivity index (χ2n) is 3.88. The van der Waals surface area contributed by atoms with Crippen molar-refractivity contribution in [2.45, 2.75) is 26.6 Å². The summed E-state index contributed by atoms with van der Waals surface area (Å²) in [7, 11) is 0. The number of carboxylic acid groups (broad SMARTS) is 2. The van der Waals surface area contributed by atoms with Gasteiger partial charge in [-0.1, -0.05) is 30.3 Å². The molecular formula is C14H22O7. The molecule has 0 amide bonds. The number of aliphatic hydroxyl groups excluding tert-OH is 2. The van der Waals surface area contributed by atoms with Crippen LogP contribution in [0.4, 0.5) is 0 Å². The van der Waals surface area contributed by atoms with E-state index in [0.29, 0.717) is 6.61 Å². The second-order valence-corrected chi connectivity index (χ2v) is 3.88. The molecule has 0 saturated carbocycles. The maximum absolute atomic E-state index is 9.00. The zero-order valence-corrected chi connectivity index (χ0v) is 12.1. The summed E-state index contributed by atoms with van der Waals surface area (Å²) in [6.45, 7) is 2.55. The van der Waals surface area contributed by atoms with Gasteiger partial charge in [0.25, 0.3) is 11.9 Å². The van der Waals surface area contributed by atoms with Crippen LogP contribution in [0.5, 0.6) is 0 Å². The summed E-state index contributed by atoms with van der Waals surface area (Å²) in [5, 5.41) is 32.3. The topological polar surface area (TPSA) is 124 Å². The molecule has 4 N–H and O–H groups in total. The van der Waals surface area contributed by atoms with Crippen molar-refractivity contribution in [3.63, 3.8) is 0 Å². The zero-order valence-electron chi connectivity index (χ0n) is 12.1. The molecule has 0 fully saturated rings. The average molecular weight is 302 g/mol. The minimum atomic E-state index is -0.833. The van der Waals surface area contributed by atoms with Gasteiger partial charge >= 0.3 is 0 Å². The summed E-state index contributed by atoms with van der Waals surface area (Å²) in [5.41, 5.74) is 1.06. The molecule has 0 aliphatic rings. The third-order valence-corrected chi connectivity index (χ3v) is 1.63. The van der Waals surface area contributed by atoms with Crippen LogP contribution in [0.2, 0.25) is 0 Å². The Bertz CT molecular complexity index is 358. The normalized spacial score (nSPS) is 10.3. The Kier molecular flexibility index (Phi) is 14.7. The number of carboxylic acids is 2. The van der Waals surface area contributed by atoms with E-state index in [4.69, 9.17) is 34.8 Å². The highest BCUT2D eigenvalue weighted by molar-refractivity contribution is 5.63. The molecule has 0 heterocycles. The Morgan fingerprint density at radius 3 is 1.90 bits per heavy atom. The number of carbonyl (C=O) groups is 2. The summed E-state index contributed by atoms with van der Waals surface area (Å²) in [4.78, 5) is 18.0. The SMILES string of the molecule is CC(=O)O.CC(=O)O.OCC(O)COCc1ccccc1. The van der Waals surface area contributed by atoms with Crippen LogP contribution in [0.25, 0.3) is 0 Å². The van der Waals surface area contributed by atoms with Crippen LogP contribution in [0, 0.1) is 0 Å². The van der Waals surface area contributed by atoms with Crippen LogP contribution in [0.1, 0.15) is 19.4 Å². The third-order valence-electron chi connectivity index (χ3n) is 1.63. The Morgan fingerprint density at radius 1 is 1.10 bits per heavy atom. The zero-order chi connectivity index (χ0) is 16.7. The number of benzene rings is 1. The summed E-state index contributed by atoms with van der Waals surface area (Å²) < 4.78 is 5.16. The number of hydrogen-bond acceptors (Lipinski definition) is 5. The van der Waals surface area contributed by atoms with E-state index in [-0.39, 0.29) is 13.2 Å². The Balaban J connectivity index is 0. The number of ether oxygens (including phenoxy) is 1. The van der Waals surface area contributed by atoms with Gasteiger partial charge in [-0.15, -0.1) is 0 Å². The van der Waals surface area contributed by atoms with Crippen molar-refractivity contribution in [3.8, 4) is 0 Å². The maximum atomic E-state index is 9.00. The number of hydrogen-bond donors (Lipinski definition) is 4. The van der Waals surface area contributed by atoms with Gasteiger partial charge in [-0.2, -0.15) is 0 Å². The first-order valence-electron chi connectivity index (χ1n) is 6.09. The molecule has 120 valence electrons. The van der Waals surface area contributed by atoms with Crippen LogP contribution < -0.4 is 0 Å². The molecule has 0 saturated heterocycles. The van der Waals surface area contributed by atoms with E-state index in [1.54, 1.807) is 0 Å². The minimum Gasteiger partial charge on any atom is -0.481 e. The van der Waals surface area contributed by atoms with E-state index in [1.165, 1.54) is 0 Å². The first-order chi connectivity index (χ1) is 9.79. The molecule has 1 rings (SSSR count). The number of aliphatic hydroxyl groups is 2. The van der Waals surface area contributed by atoms with Crippen molar-refractivity contribution in [3.05, 3.63) is 35.9 Å². The highest BCUT2D eigenvalue weighted by Gasteiger charge is 2.00. The van der Waals surface area contributed by atoms with Crippen molar-refractivity contribution in [2.24, 2.45) is 0 Å². The molecule has 0 radical (unpaired) electrons. The summed E-state index contributed by atoms with van der Waals surface area (Å²) in [6.07, 6.45) is -0.774. The van der Waals surface area contributed by atoms with Crippen molar-refractivity contribution < 1.29 is 34.8 Å². The third kappa shape index (κ3) is 23.5. The molecule has 0 aliphatic heterocycles. The lowest BCUT2D eigenvalue weighted by Gasteiger charge is -2.07. The predicted octanol–water partition coefficient (Wildman–Crippen LogP) is 0.738. The van der Waals surface area contributed by atoms with Gasteiger partial charge in [0, 0.05) is 13.8 Å². The monoisotopic (exact) mass is 302 g/mol. The minimum absolute atomic E-state index is 0.172. The summed E-state index contributed by atoms with van der Waals surface area (Å²) in [5.74, 6) is -1.67. The van der Waals surface area contributed by atoms with Gasteiger partial charge in [0.1, 0.15) is 6.10 Å². The van der Waals surface area contributed by atoms with Gasteiger partial charge in [0.05, 0.1) is 19.8 Å². The summed E-state index contributed by atoms with van der Waals surface area (Å²) in [6, 6.07) is 9.70. The van der Waals surface area contributed by atoms with Crippen LogP contribution >= 0.6 is 0 Å². The van der Waals surface area contributed by atoms with Gasteiger partial charge in [-0.3, -0.25) is 9.59 Å².